The third-order valence-electron chi connectivity index (χ3n) is 4.56. The van der Waals surface area contributed by atoms with Gasteiger partial charge in [0.15, 0.2) is 5.75 Å². The van der Waals surface area contributed by atoms with Crippen molar-refractivity contribution in [1.82, 2.24) is 0 Å². The molecule has 1 atom stereocenters. The Kier molecular flexibility index (Phi) is 4.28. The molecule has 3 aromatic rings. The lowest BCUT2D eigenvalue weighted by atomic mass is 9.84. The zero-order valence-corrected chi connectivity index (χ0v) is 15.4. The topological polar surface area (TPSA) is 98.5 Å². The number of benzene rings is 2. The number of rotatable bonds is 3. The van der Waals surface area contributed by atoms with Crippen LogP contribution in [0.3, 0.4) is 0 Å². The first-order chi connectivity index (χ1) is 13.5. The molecule has 0 saturated heterocycles. The maximum atomic E-state index is 12.8. The summed E-state index contributed by atoms with van der Waals surface area (Å²) in [5.74, 6) is 0.337. The van der Waals surface area contributed by atoms with Crippen LogP contribution in [0.15, 0.2) is 69.2 Å². The Hall–Kier alpha value is -3.72. The van der Waals surface area contributed by atoms with Gasteiger partial charge in [-0.3, -0.25) is 0 Å². The van der Waals surface area contributed by atoms with E-state index < -0.39 is 11.5 Å². The first-order valence-electron chi connectivity index (χ1n) is 8.89. The van der Waals surface area contributed by atoms with Gasteiger partial charge >= 0.3 is 5.63 Å². The van der Waals surface area contributed by atoms with Crippen LogP contribution in [0.25, 0.3) is 11.0 Å². The van der Waals surface area contributed by atoms with E-state index in [4.69, 9.17) is 19.6 Å². The van der Waals surface area contributed by atoms with Crippen molar-refractivity contribution < 1.29 is 13.9 Å². The van der Waals surface area contributed by atoms with Gasteiger partial charge in [-0.25, -0.2) is 4.79 Å². The molecule has 0 bridgehead atoms. The van der Waals surface area contributed by atoms with Crippen LogP contribution in [-0.4, -0.2) is 6.10 Å². The number of nitriles is 1. The van der Waals surface area contributed by atoms with Gasteiger partial charge in [-0.05, 0) is 43.7 Å². The van der Waals surface area contributed by atoms with Crippen LogP contribution in [0.1, 0.15) is 30.9 Å². The van der Waals surface area contributed by atoms with E-state index in [0.717, 1.165) is 5.56 Å². The second-order valence-corrected chi connectivity index (χ2v) is 6.79. The molecule has 2 aromatic carbocycles. The maximum Gasteiger partial charge on any atom is 0.344 e. The number of nitrogens with zero attached hydrogens (tertiary/aromatic N) is 1. The number of ether oxygens (including phenoxy) is 2. The fourth-order valence-corrected chi connectivity index (χ4v) is 3.41. The summed E-state index contributed by atoms with van der Waals surface area (Å²) >= 11 is 0. The van der Waals surface area contributed by atoms with Crippen molar-refractivity contribution in [3.8, 4) is 17.6 Å². The quantitative estimate of drug-likeness (QED) is 0.700. The van der Waals surface area contributed by atoms with Gasteiger partial charge in [-0.1, -0.05) is 24.3 Å². The predicted molar refractivity (Wildman–Crippen MR) is 104 cm³/mol. The van der Waals surface area contributed by atoms with E-state index in [0.29, 0.717) is 22.5 Å². The molecule has 1 unspecified atom stereocenters. The zero-order valence-electron chi connectivity index (χ0n) is 15.4. The van der Waals surface area contributed by atoms with Gasteiger partial charge in [0.05, 0.1) is 23.0 Å². The summed E-state index contributed by atoms with van der Waals surface area (Å²) in [6.07, 6.45) is 0.0401. The minimum Gasteiger partial charge on any atom is -0.491 e. The molecule has 4 rings (SSSR count). The van der Waals surface area contributed by atoms with Crippen LogP contribution in [0.4, 0.5) is 0 Å². The summed E-state index contributed by atoms with van der Waals surface area (Å²) in [5, 5.41) is 10.3. The molecule has 1 aliphatic rings. The Morgan fingerprint density at radius 1 is 1.14 bits per heavy atom. The predicted octanol–water partition coefficient (Wildman–Crippen LogP) is 3.80. The number of allylic oxidation sites excluding steroid dienone is 1. The SMILES string of the molecule is CC(C)Oc1ccc(C2C(C#N)=C(N)Oc3c2c(=O)oc2ccccc32)cc1. The molecule has 1 aliphatic heterocycles. The summed E-state index contributed by atoms with van der Waals surface area (Å²) in [4.78, 5) is 12.8. The molecule has 6 heteroatoms. The number of hydrogen-bond donors (Lipinski definition) is 1. The highest BCUT2D eigenvalue weighted by molar-refractivity contribution is 5.86. The van der Waals surface area contributed by atoms with Crippen molar-refractivity contribution in [3.63, 3.8) is 0 Å². The number of nitrogens with two attached hydrogens (primary N) is 1. The molecule has 140 valence electrons. The average Bonchev–Trinajstić information content (AvgIpc) is 2.67. The molecule has 0 fully saturated rings. The van der Waals surface area contributed by atoms with Gasteiger partial charge in [0.2, 0.25) is 5.88 Å². The molecular weight excluding hydrogens is 356 g/mol. The average molecular weight is 374 g/mol. The number of para-hydroxylation sites is 1. The van der Waals surface area contributed by atoms with Crippen molar-refractivity contribution in [2.75, 3.05) is 0 Å². The molecule has 0 spiro atoms. The van der Waals surface area contributed by atoms with E-state index in [2.05, 4.69) is 6.07 Å². The van der Waals surface area contributed by atoms with E-state index in [9.17, 15) is 10.1 Å². The lowest BCUT2D eigenvalue weighted by molar-refractivity contribution is 0.242. The molecule has 0 aliphatic carbocycles. The molecule has 6 nitrogen and oxygen atoms in total. The third kappa shape index (κ3) is 2.87. The number of fused-ring (bicyclic) bond motifs is 3. The normalized spacial score (nSPS) is 15.9. The fourth-order valence-electron chi connectivity index (χ4n) is 3.41. The van der Waals surface area contributed by atoms with Gasteiger partial charge in [0.25, 0.3) is 0 Å². The fraction of sp³-hybridized carbons (Fsp3) is 0.182. The molecule has 2 N–H and O–H groups in total. The van der Waals surface area contributed by atoms with Crippen molar-refractivity contribution in [1.29, 1.82) is 5.26 Å². The number of hydrogen-bond acceptors (Lipinski definition) is 6. The third-order valence-corrected chi connectivity index (χ3v) is 4.56. The van der Waals surface area contributed by atoms with Crippen LogP contribution in [0.5, 0.6) is 11.5 Å². The molecule has 0 radical (unpaired) electrons. The van der Waals surface area contributed by atoms with E-state index in [-0.39, 0.29) is 23.1 Å². The second kappa shape index (κ2) is 6.78. The van der Waals surface area contributed by atoms with Crippen molar-refractivity contribution in [2.45, 2.75) is 25.9 Å². The van der Waals surface area contributed by atoms with Crippen LogP contribution >= 0.6 is 0 Å². The molecule has 1 aromatic heterocycles. The smallest absolute Gasteiger partial charge is 0.344 e. The van der Waals surface area contributed by atoms with Gasteiger partial charge in [0.1, 0.15) is 23.0 Å². The van der Waals surface area contributed by atoms with Crippen LogP contribution in [0, 0.1) is 11.3 Å². The van der Waals surface area contributed by atoms with E-state index >= 15 is 0 Å². The summed E-state index contributed by atoms with van der Waals surface area (Å²) in [6.45, 7) is 3.88. The highest BCUT2D eigenvalue weighted by atomic mass is 16.5. The lowest BCUT2D eigenvalue weighted by Gasteiger charge is -2.26. The summed E-state index contributed by atoms with van der Waals surface area (Å²) in [5.41, 5.74) is 7.06. The highest BCUT2D eigenvalue weighted by Crippen LogP contribution is 2.43. The first-order valence-corrected chi connectivity index (χ1v) is 8.89. The minimum absolute atomic E-state index is 0.0155. The standard InChI is InChI=1S/C22H18N2O4/c1-12(2)26-14-9-7-13(8-10-14)18-16(11-23)21(24)28-20-15-5-3-4-6-17(15)27-22(25)19(18)20/h3-10,12,18H,24H2,1-2H3. The van der Waals surface area contributed by atoms with E-state index in [1.165, 1.54) is 0 Å². The van der Waals surface area contributed by atoms with E-state index in [1.807, 2.05) is 32.0 Å². The Bertz CT molecular complexity index is 1180. The molecule has 0 amide bonds. The largest absolute Gasteiger partial charge is 0.491 e. The van der Waals surface area contributed by atoms with Gasteiger partial charge in [0, 0.05) is 0 Å². The molecule has 2 heterocycles. The van der Waals surface area contributed by atoms with Gasteiger partial charge in [-0.2, -0.15) is 5.26 Å². The van der Waals surface area contributed by atoms with Crippen LogP contribution in [-0.2, 0) is 0 Å². The molecule has 28 heavy (non-hydrogen) atoms. The lowest BCUT2D eigenvalue weighted by Crippen LogP contribution is -2.26. The Labute approximate surface area is 161 Å². The minimum atomic E-state index is -0.678. The zero-order chi connectivity index (χ0) is 19.8. The van der Waals surface area contributed by atoms with Crippen molar-refractivity contribution in [3.05, 3.63) is 81.5 Å². The van der Waals surface area contributed by atoms with Gasteiger partial charge in [-0.15, -0.1) is 0 Å². The summed E-state index contributed by atoms with van der Waals surface area (Å²) in [7, 11) is 0. The highest BCUT2D eigenvalue weighted by Gasteiger charge is 2.35. The molecule has 0 saturated carbocycles. The van der Waals surface area contributed by atoms with Crippen molar-refractivity contribution >= 4 is 11.0 Å². The molecular formula is C22H18N2O4. The first kappa shape index (κ1) is 17.7. The Morgan fingerprint density at radius 3 is 2.54 bits per heavy atom. The summed E-state index contributed by atoms with van der Waals surface area (Å²) < 4.78 is 16.9. The van der Waals surface area contributed by atoms with Crippen LogP contribution < -0.4 is 20.8 Å². The second-order valence-electron chi connectivity index (χ2n) is 6.79. The monoisotopic (exact) mass is 374 g/mol. The van der Waals surface area contributed by atoms with Crippen LogP contribution in [0.2, 0.25) is 0 Å². The Balaban J connectivity index is 1.93. The maximum absolute atomic E-state index is 12.8. The summed E-state index contributed by atoms with van der Waals surface area (Å²) in [6, 6.07) is 16.4. The van der Waals surface area contributed by atoms with E-state index in [1.54, 1.807) is 30.3 Å². The Morgan fingerprint density at radius 2 is 1.86 bits per heavy atom. The van der Waals surface area contributed by atoms with Gasteiger partial charge < -0.3 is 19.6 Å². The van der Waals surface area contributed by atoms with Crippen molar-refractivity contribution in [2.24, 2.45) is 5.73 Å².